The van der Waals surface area contributed by atoms with Gasteiger partial charge in [-0.3, -0.25) is 19.3 Å². The Morgan fingerprint density at radius 3 is 2.39 bits per heavy atom. The van der Waals surface area contributed by atoms with Gasteiger partial charge in [-0.05, 0) is 55.7 Å². The highest BCUT2D eigenvalue weighted by molar-refractivity contribution is 7.17. The summed E-state index contributed by atoms with van der Waals surface area (Å²) in [6.45, 7) is 7.64. The maximum Gasteiger partial charge on any atom is 0.341 e. The van der Waals surface area contributed by atoms with Crippen LogP contribution in [0.25, 0.3) is 0 Å². The van der Waals surface area contributed by atoms with Crippen molar-refractivity contribution in [2.45, 2.75) is 58.9 Å². The molecule has 2 unspecified atom stereocenters. The molecule has 7 nitrogen and oxygen atoms in total. The molecule has 0 fully saturated rings. The maximum atomic E-state index is 13.5. The lowest BCUT2D eigenvalue weighted by molar-refractivity contribution is -0.121. The minimum Gasteiger partial charge on any atom is -0.462 e. The number of hydrogen-bond donors (Lipinski definition) is 1. The number of thiophene rings is 1. The van der Waals surface area contributed by atoms with Crippen molar-refractivity contribution in [3.8, 4) is 0 Å². The second kappa shape index (κ2) is 9.09. The molecule has 0 radical (unpaired) electrons. The number of nitrogens with one attached hydrogen (secondary N) is 1. The molecule has 0 bridgehead atoms. The van der Waals surface area contributed by atoms with E-state index in [9.17, 15) is 19.2 Å². The van der Waals surface area contributed by atoms with Gasteiger partial charge in [0.15, 0.2) is 0 Å². The van der Waals surface area contributed by atoms with Crippen LogP contribution in [0.3, 0.4) is 0 Å². The van der Waals surface area contributed by atoms with E-state index in [1.54, 1.807) is 45.0 Å². The highest BCUT2D eigenvalue weighted by atomic mass is 32.1. The van der Waals surface area contributed by atoms with Crippen LogP contribution in [0.2, 0.25) is 0 Å². The number of amides is 3. The van der Waals surface area contributed by atoms with Crippen LogP contribution in [0.15, 0.2) is 24.3 Å². The zero-order valence-electron chi connectivity index (χ0n) is 19.3. The van der Waals surface area contributed by atoms with E-state index < -0.39 is 29.7 Å². The molecule has 0 saturated carbocycles. The average Bonchev–Trinajstić information content (AvgIpc) is 3.26. The van der Waals surface area contributed by atoms with Crippen LogP contribution < -0.4 is 5.32 Å². The van der Waals surface area contributed by atoms with Crippen molar-refractivity contribution < 1.29 is 23.9 Å². The number of aryl methyl sites for hydroxylation is 1. The first-order valence-electron chi connectivity index (χ1n) is 11.4. The molecule has 0 saturated heterocycles. The molecule has 2 atom stereocenters. The Labute approximate surface area is 197 Å². The minimum atomic E-state index is -1.01. The first-order valence-corrected chi connectivity index (χ1v) is 12.2. The zero-order valence-corrected chi connectivity index (χ0v) is 20.1. The molecule has 8 heteroatoms. The topological polar surface area (TPSA) is 92.8 Å². The lowest BCUT2D eigenvalue weighted by Gasteiger charge is -2.28. The van der Waals surface area contributed by atoms with Crippen molar-refractivity contribution in [2.24, 2.45) is 5.92 Å². The zero-order chi connectivity index (χ0) is 23.9. The summed E-state index contributed by atoms with van der Waals surface area (Å²) in [4.78, 5) is 54.5. The van der Waals surface area contributed by atoms with E-state index in [1.807, 2.05) is 0 Å². The fourth-order valence-electron chi connectivity index (χ4n) is 4.77. The van der Waals surface area contributed by atoms with Crippen molar-refractivity contribution >= 4 is 40.0 Å². The van der Waals surface area contributed by atoms with Gasteiger partial charge in [0, 0.05) is 4.88 Å². The summed E-state index contributed by atoms with van der Waals surface area (Å²) in [5, 5.41) is 3.32. The van der Waals surface area contributed by atoms with Crippen LogP contribution >= 0.6 is 11.3 Å². The second-order valence-corrected chi connectivity index (χ2v) is 9.97. The van der Waals surface area contributed by atoms with Crippen LogP contribution in [0.4, 0.5) is 5.00 Å². The molecule has 33 heavy (non-hydrogen) atoms. The number of imide groups is 1. The van der Waals surface area contributed by atoms with Crippen LogP contribution in [0.1, 0.15) is 88.0 Å². The third-order valence-electron chi connectivity index (χ3n) is 6.28. The average molecular weight is 469 g/mol. The molecule has 0 spiro atoms. The number of anilines is 1. The minimum absolute atomic E-state index is 0.187. The second-order valence-electron chi connectivity index (χ2n) is 8.86. The molecule has 1 aromatic heterocycles. The van der Waals surface area contributed by atoms with E-state index >= 15 is 0 Å². The number of ether oxygens (including phenoxy) is 1. The third kappa shape index (κ3) is 3.97. The molecular formula is C25H28N2O5S. The van der Waals surface area contributed by atoms with Crippen molar-refractivity contribution in [3.05, 3.63) is 51.4 Å². The SMILES string of the molecule is CCOC(=O)c1c(NC(=O)C(C(C)C)N2C(=O)c3ccccc3C2=O)sc2c1C(C)CCC2. The Balaban J connectivity index is 1.69. The van der Waals surface area contributed by atoms with Gasteiger partial charge < -0.3 is 10.1 Å². The van der Waals surface area contributed by atoms with Gasteiger partial charge >= 0.3 is 5.97 Å². The summed E-state index contributed by atoms with van der Waals surface area (Å²) in [6, 6.07) is 5.57. The number of fused-ring (bicyclic) bond motifs is 2. The fourth-order valence-corrected chi connectivity index (χ4v) is 6.12. The van der Waals surface area contributed by atoms with Gasteiger partial charge in [0.1, 0.15) is 11.0 Å². The number of esters is 1. The molecule has 3 amide bonds. The summed E-state index contributed by atoms with van der Waals surface area (Å²) >= 11 is 1.39. The predicted octanol–water partition coefficient (Wildman–Crippen LogP) is 4.62. The van der Waals surface area contributed by atoms with E-state index in [1.165, 1.54) is 11.3 Å². The van der Waals surface area contributed by atoms with Gasteiger partial charge in [0.25, 0.3) is 11.8 Å². The Morgan fingerprint density at radius 1 is 1.18 bits per heavy atom. The van der Waals surface area contributed by atoms with Crippen molar-refractivity contribution in [3.63, 3.8) is 0 Å². The summed E-state index contributed by atoms with van der Waals surface area (Å²) in [6.07, 6.45) is 2.83. The number of carbonyl (C=O) groups is 4. The molecular weight excluding hydrogens is 440 g/mol. The highest BCUT2D eigenvalue weighted by Crippen LogP contribution is 2.44. The number of rotatable bonds is 6. The van der Waals surface area contributed by atoms with Crippen LogP contribution in [-0.2, 0) is 16.0 Å². The monoisotopic (exact) mass is 468 g/mol. The number of nitrogens with zero attached hydrogens (tertiary/aromatic N) is 1. The standard InChI is InChI=1S/C25H28N2O5S/c1-5-32-25(31)19-18-14(4)9-8-12-17(18)33-22(19)26-21(28)20(13(2)3)27-23(29)15-10-6-7-11-16(15)24(27)30/h6-7,10-11,13-14,20H,5,8-9,12H2,1-4H3,(H,26,28). The van der Waals surface area contributed by atoms with E-state index in [0.29, 0.717) is 21.7 Å². The van der Waals surface area contributed by atoms with Crippen molar-refractivity contribution in [1.82, 2.24) is 4.90 Å². The van der Waals surface area contributed by atoms with Crippen molar-refractivity contribution in [1.29, 1.82) is 0 Å². The lowest BCUT2D eigenvalue weighted by atomic mass is 9.86. The van der Waals surface area contributed by atoms with Crippen LogP contribution in [-0.4, -0.2) is 41.2 Å². The molecule has 4 rings (SSSR count). The summed E-state index contributed by atoms with van der Waals surface area (Å²) in [5.41, 5.74) is 1.95. The maximum absolute atomic E-state index is 13.5. The normalized spacial score (nSPS) is 18.2. The van der Waals surface area contributed by atoms with Gasteiger partial charge in [-0.15, -0.1) is 11.3 Å². The number of hydrogen-bond acceptors (Lipinski definition) is 6. The molecule has 1 N–H and O–H groups in total. The molecule has 2 heterocycles. The smallest absolute Gasteiger partial charge is 0.341 e. The number of carbonyl (C=O) groups excluding carboxylic acids is 4. The van der Waals surface area contributed by atoms with E-state index in [-0.39, 0.29) is 18.4 Å². The lowest BCUT2D eigenvalue weighted by Crippen LogP contribution is -2.50. The predicted molar refractivity (Wildman–Crippen MR) is 126 cm³/mol. The molecule has 1 aliphatic carbocycles. The summed E-state index contributed by atoms with van der Waals surface area (Å²) in [7, 11) is 0. The van der Waals surface area contributed by atoms with E-state index in [0.717, 1.165) is 34.6 Å². The Hall–Kier alpha value is -3.00. The Bertz CT molecular complexity index is 1100. The first kappa shape index (κ1) is 23.2. The van der Waals surface area contributed by atoms with Gasteiger partial charge in [0.2, 0.25) is 5.91 Å². The van der Waals surface area contributed by atoms with Gasteiger partial charge in [-0.1, -0.05) is 32.9 Å². The molecule has 1 aliphatic heterocycles. The molecule has 174 valence electrons. The first-order chi connectivity index (χ1) is 15.8. The largest absolute Gasteiger partial charge is 0.462 e. The molecule has 2 aromatic rings. The molecule has 1 aromatic carbocycles. The summed E-state index contributed by atoms with van der Waals surface area (Å²) < 4.78 is 5.30. The summed E-state index contributed by atoms with van der Waals surface area (Å²) in [5.74, 6) is -2.04. The van der Waals surface area contributed by atoms with Crippen LogP contribution in [0.5, 0.6) is 0 Å². The van der Waals surface area contributed by atoms with Gasteiger partial charge in [-0.25, -0.2) is 4.79 Å². The Kier molecular flexibility index (Phi) is 6.38. The fraction of sp³-hybridized carbons (Fsp3) is 0.440. The van der Waals surface area contributed by atoms with Crippen LogP contribution in [0, 0.1) is 5.92 Å². The van der Waals surface area contributed by atoms with Gasteiger partial charge in [-0.2, -0.15) is 0 Å². The highest BCUT2D eigenvalue weighted by Gasteiger charge is 2.44. The van der Waals surface area contributed by atoms with Gasteiger partial charge in [0.05, 0.1) is 23.3 Å². The Morgan fingerprint density at radius 2 is 1.82 bits per heavy atom. The van der Waals surface area contributed by atoms with Crippen molar-refractivity contribution in [2.75, 3.05) is 11.9 Å². The quantitative estimate of drug-likeness (QED) is 0.493. The van der Waals surface area contributed by atoms with E-state index in [2.05, 4.69) is 12.2 Å². The van der Waals surface area contributed by atoms with E-state index in [4.69, 9.17) is 4.74 Å². The molecule has 2 aliphatic rings. The third-order valence-corrected chi connectivity index (χ3v) is 7.46. The number of benzene rings is 1.